The molecule has 19 heavy (non-hydrogen) atoms. The topological polar surface area (TPSA) is 37.3 Å². The minimum Gasteiger partial charge on any atom is -0.345 e. The molecule has 0 aromatic carbocycles. The molecule has 4 nitrogen and oxygen atoms in total. The second-order valence-electron chi connectivity index (χ2n) is 5.57. The molecule has 1 aromatic rings. The lowest BCUT2D eigenvalue weighted by Gasteiger charge is -2.29. The van der Waals surface area contributed by atoms with Crippen LogP contribution in [0.5, 0.6) is 0 Å². The number of halogens is 1. The molecule has 2 aliphatic heterocycles. The number of amides is 1. The zero-order chi connectivity index (χ0) is 13.4. The molecule has 3 heterocycles. The van der Waals surface area contributed by atoms with Gasteiger partial charge in [-0.1, -0.05) is 11.6 Å². The molecule has 1 aromatic heterocycles. The SMILES string of the molecule is Cn1cc(Cl)cc1C(=O)N1CCCC1C1CCCN1. The standard InChI is InChI=1S/C14H20ClN3O/c1-17-9-10(15)8-13(17)14(19)18-7-3-5-12(18)11-4-2-6-16-11/h8-9,11-12,16H,2-7H2,1H3. The Bertz CT molecular complexity index is 479. The molecule has 2 aliphatic rings. The Hall–Kier alpha value is -1.00. The Kier molecular flexibility index (Phi) is 3.54. The van der Waals surface area contributed by atoms with Gasteiger partial charge in [-0.2, -0.15) is 0 Å². The molecule has 104 valence electrons. The zero-order valence-corrected chi connectivity index (χ0v) is 12.0. The number of hydrogen-bond acceptors (Lipinski definition) is 2. The molecule has 0 radical (unpaired) electrons. The average Bonchev–Trinajstić information content (AvgIpc) is 3.06. The summed E-state index contributed by atoms with van der Waals surface area (Å²) in [6.07, 6.45) is 6.41. The molecule has 2 unspecified atom stereocenters. The third kappa shape index (κ3) is 2.39. The lowest BCUT2D eigenvalue weighted by Crippen LogP contribution is -2.46. The van der Waals surface area contributed by atoms with Crippen LogP contribution >= 0.6 is 11.6 Å². The quantitative estimate of drug-likeness (QED) is 0.901. The highest BCUT2D eigenvalue weighted by atomic mass is 35.5. The summed E-state index contributed by atoms with van der Waals surface area (Å²) in [7, 11) is 1.87. The van der Waals surface area contributed by atoms with Crippen LogP contribution in [-0.4, -0.2) is 40.5 Å². The van der Waals surface area contributed by atoms with E-state index in [1.807, 2.05) is 16.5 Å². The number of hydrogen-bond donors (Lipinski definition) is 1. The first-order valence-electron chi connectivity index (χ1n) is 7.03. The van der Waals surface area contributed by atoms with Crippen molar-refractivity contribution in [2.75, 3.05) is 13.1 Å². The predicted molar refractivity (Wildman–Crippen MR) is 75.5 cm³/mol. The Morgan fingerprint density at radius 3 is 2.89 bits per heavy atom. The van der Waals surface area contributed by atoms with Crippen LogP contribution in [0.1, 0.15) is 36.2 Å². The predicted octanol–water partition coefficient (Wildman–Crippen LogP) is 2.04. The maximum absolute atomic E-state index is 12.7. The van der Waals surface area contributed by atoms with Crippen molar-refractivity contribution >= 4 is 17.5 Å². The first kappa shape index (κ1) is 13.0. The fourth-order valence-electron chi connectivity index (χ4n) is 3.39. The summed E-state index contributed by atoms with van der Waals surface area (Å²) in [6, 6.07) is 2.59. The van der Waals surface area contributed by atoms with Crippen LogP contribution < -0.4 is 5.32 Å². The largest absolute Gasteiger partial charge is 0.345 e. The highest BCUT2D eigenvalue weighted by Gasteiger charge is 2.36. The fourth-order valence-corrected chi connectivity index (χ4v) is 3.64. The second-order valence-corrected chi connectivity index (χ2v) is 6.00. The van der Waals surface area contributed by atoms with Crippen molar-refractivity contribution in [1.29, 1.82) is 0 Å². The van der Waals surface area contributed by atoms with E-state index in [4.69, 9.17) is 11.6 Å². The van der Waals surface area contributed by atoms with Gasteiger partial charge in [-0.25, -0.2) is 0 Å². The van der Waals surface area contributed by atoms with Gasteiger partial charge in [-0.05, 0) is 38.3 Å². The molecule has 2 atom stereocenters. The third-order valence-electron chi connectivity index (χ3n) is 4.31. The van der Waals surface area contributed by atoms with E-state index in [0.717, 1.165) is 25.9 Å². The van der Waals surface area contributed by atoms with E-state index >= 15 is 0 Å². The van der Waals surface area contributed by atoms with Crippen molar-refractivity contribution in [3.8, 4) is 0 Å². The van der Waals surface area contributed by atoms with Gasteiger partial charge in [0.15, 0.2) is 0 Å². The Labute approximate surface area is 118 Å². The molecule has 3 rings (SSSR count). The molecule has 0 bridgehead atoms. The van der Waals surface area contributed by atoms with Crippen LogP contribution in [0.4, 0.5) is 0 Å². The number of nitrogens with one attached hydrogen (secondary N) is 1. The van der Waals surface area contributed by atoms with Gasteiger partial charge < -0.3 is 14.8 Å². The highest BCUT2D eigenvalue weighted by molar-refractivity contribution is 6.31. The second kappa shape index (κ2) is 5.17. The summed E-state index contributed by atoms with van der Waals surface area (Å²) in [6.45, 7) is 1.95. The lowest BCUT2D eigenvalue weighted by atomic mass is 10.0. The van der Waals surface area contributed by atoms with Gasteiger partial charge in [0.25, 0.3) is 5.91 Å². The molecule has 0 aliphatic carbocycles. The van der Waals surface area contributed by atoms with Gasteiger partial charge in [0, 0.05) is 31.9 Å². The van der Waals surface area contributed by atoms with Crippen LogP contribution in [0.2, 0.25) is 5.02 Å². The third-order valence-corrected chi connectivity index (χ3v) is 4.52. The van der Waals surface area contributed by atoms with Gasteiger partial charge in [0.05, 0.1) is 5.02 Å². The molecule has 1 N–H and O–H groups in total. The van der Waals surface area contributed by atoms with Crippen LogP contribution in [0, 0.1) is 0 Å². The molecule has 0 spiro atoms. The molecular weight excluding hydrogens is 262 g/mol. The van der Waals surface area contributed by atoms with E-state index in [-0.39, 0.29) is 5.91 Å². The number of rotatable bonds is 2. The van der Waals surface area contributed by atoms with E-state index in [1.54, 1.807) is 12.3 Å². The first-order valence-corrected chi connectivity index (χ1v) is 7.41. The van der Waals surface area contributed by atoms with E-state index in [9.17, 15) is 4.79 Å². The van der Waals surface area contributed by atoms with E-state index in [0.29, 0.717) is 22.8 Å². The maximum atomic E-state index is 12.7. The van der Waals surface area contributed by atoms with Crippen molar-refractivity contribution in [2.24, 2.45) is 7.05 Å². The molecule has 5 heteroatoms. The van der Waals surface area contributed by atoms with E-state index in [2.05, 4.69) is 5.32 Å². The highest BCUT2D eigenvalue weighted by Crippen LogP contribution is 2.27. The Balaban J connectivity index is 1.80. The minimum absolute atomic E-state index is 0.116. The monoisotopic (exact) mass is 281 g/mol. The van der Waals surface area contributed by atoms with Gasteiger partial charge >= 0.3 is 0 Å². The fraction of sp³-hybridized carbons (Fsp3) is 0.643. The van der Waals surface area contributed by atoms with Crippen molar-refractivity contribution < 1.29 is 4.79 Å². The molecule has 2 saturated heterocycles. The summed E-state index contributed by atoms with van der Waals surface area (Å²) >= 11 is 5.98. The van der Waals surface area contributed by atoms with Crippen LogP contribution in [-0.2, 0) is 7.05 Å². The number of carbonyl (C=O) groups excluding carboxylic acids is 1. The number of aromatic nitrogens is 1. The van der Waals surface area contributed by atoms with Crippen molar-refractivity contribution in [3.63, 3.8) is 0 Å². The number of likely N-dealkylation sites (tertiary alicyclic amines) is 1. The van der Waals surface area contributed by atoms with E-state index < -0.39 is 0 Å². The lowest BCUT2D eigenvalue weighted by molar-refractivity contribution is 0.0701. The molecule has 1 amide bonds. The summed E-state index contributed by atoms with van der Waals surface area (Å²) in [5.41, 5.74) is 0.690. The van der Waals surface area contributed by atoms with Crippen LogP contribution in [0.3, 0.4) is 0 Å². The maximum Gasteiger partial charge on any atom is 0.270 e. The van der Waals surface area contributed by atoms with Gasteiger partial charge in [0.2, 0.25) is 0 Å². The zero-order valence-electron chi connectivity index (χ0n) is 11.2. The van der Waals surface area contributed by atoms with E-state index in [1.165, 1.54) is 12.8 Å². The summed E-state index contributed by atoms with van der Waals surface area (Å²) in [5, 5.41) is 4.15. The van der Waals surface area contributed by atoms with Crippen molar-refractivity contribution in [2.45, 2.75) is 37.8 Å². The molecule has 2 fully saturated rings. The minimum atomic E-state index is 0.116. The van der Waals surface area contributed by atoms with Gasteiger partial charge in [-0.15, -0.1) is 0 Å². The Morgan fingerprint density at radius 1 is 1.42 bits per heavy atom. The normalized spacial score (nSPS) is 27.2. The Morgan fingerprint density at radius 2 is 2.26 bits per heavy atom. The van der Waals surface area contributed by atoms with Crippen LogP contribution in [0.25, 0.3) is 0 Å². The number of aryl methyl sites for hydroxylation is 1. The number of carbonyl (C=O) groups is 1. The summed E-state index contributed by atoms with van der Waals surface area (Å²) in [4.78, 5) is 14.7. The van der Waals surface area contributed by atoms with Crippen molar-refractivity contribution in [3.05, 3.63) is 23.0 Å². The van der Waals surface area contributed by atoms with Crippen molar-refractivity contribution in [1.82, 2.24) is 14.8 Å². The van der Waals surface area contributed by atoms with Gasteiger partial charge in [-0.3, -0.25) is 4.79 Å². The summed E-state index contributed by atoms with van der Waals surface area (Å²) in [5.74, 6) is 0.116. The first-order chi connectivity index (χ1) is 9.16. The van der Waals surface area contributed by atoms with Crippen LogP contribution in [0.15, 0.2) is 12.3 Å². The molecule has 0 saturated carbocycles. The molecular formula is C14H20ClN3O. The average molecular weight is 282 g/mol. The smallest absolute Gasteiger partial charge is 0.270 e. The van der Waals surface area contributed by atoms with Gasteiger partial charge in [0.1, 0.15) is 5.69 Å². The number of nitrogens with zero attached hydrogens (tertiary/aromatic N) is 2. The summed E-state index contributed by atoms with van der Waals surface area (Å²) < 4.78 is 1.82.